The number of nitrogens with zero attached hydrogens (tertiary/aromatic N) is 4. The minimum absolute atomic E-state index is 0.0470. The highest BCUT2D eigenvalue weighted by molar-refractivity contribution is 6.02. The summed E-state index contributed by atoms with van der Waals surface area (Å²) in [6.07, 6.45) is 0. The van der Waals surface area contributed by atoms with Crippen molar-refractivity contribution in [3.8, 4) is 5.75 Å². The Bertz CT molecular complexity index is 1600. The molecule has 5 rings (SSSR count). The number of benzene rings is 4. The smallest absolute Gasteiger partial charge is 0.249 e. The normalized spacial score (nSPS) is 11.6. The molecule has 1 aromatic heterocycles. The fourth-order valence-corrected chi connectivity index (χ4v) is 4.46. The van der Waals surface area contributed by atoms with E-state index in [2.05, 4.69) is 15.6 Å². The number of anilines is 1. The van der Waals surface area contributed by atoms with Crippen molar-refractivity contribution in [3.05, 3.63) is 120 Å². The Labute approximate surface area is 224 Å². The molecule has 8 nitrogen and oxygen atoms in total. The molecule has 1 heterocycles. The molecular weight excluding hydrogens is 497 g/mol. The average Bonchev–Trinajstić information content (AvgIpc) is 3.38. The van der Waals surface area contributed by atoms with Crippen LogP contribution in [-0.2, 0) is 22.7 Å². The van der Waals surface area contributed by atoms with Gasteiger partial charge in [0.15, 0.2) is 0 Å². The first-order chi connectivity index (χ1) is 19.1. The zero-order valence-corrected chi connectivity index (χ0v) is 21.2. The molecule has 0 saturated carbocycles. The third-order valence-electron chi connectivity index (χ3n) is 6.33. The van der Waals surface area contributed by atoms with E-state index in [1.807, 2.05) is 42.5 Å². The van der Waals surface area contributed by atoms with Gasteiger partial charge < -0.3 is 10.1 Å². The van der Waals surface area contributed by atoms with Crippen LogP contribution in [0.4, 0.5) is 10.1 Å². The Morgan fingerprint density at radius 3 is 2.41 bits per heavy atom. The lowest BCUT2D eigenvalue weighted by Gasteiger charge is -2.32. The first-order valence-electron chi connectivity index (χ1n) is 12.4. The summed E-state index contributed by atoms with van der Waals surface area (Å²) in [6, 6.07) is 28.0. The van der Waals surface area contributed by atoms with Gasteiger partial charge in [0.25, 0.3) is 0 Å². The van der Waals surface area contributed by atoms with Crippen molar-refractivity contribution in [2.45, 2.75) is 19.1 Å². The first kappa shape index (κ1) is 25.6. The van der Waals surface area contributed by atoms with Crippen LogP contribution >= 0.6 is 0 Å². The summed E-state index contributed by atoms with van der Waals surface area (Å²) in [4.78, 5) is 29.2. The number of hydrogen-bond acceptors (Lipinski definition) is 5. The van der Waals surface area contributed by atoms with E-state index in [9.17, 15) is 9.59 Å². The molecule has 0 fully saturated rings. The van der Waals surface area contributed by atoms with E-state index in [-0.39, 0.29) is 18.7 Å². The van der Waals surface area contributed by atoms with Crippen LogP contribution in [0.1, 0.15) is 17.2 Å². The molecule has 0 radical (unpaired) electrons. The number of para-hydroxylation sites is 3. The second kappa shape index (κ2) is 11.6. The number of carbonyl (C=O) groups is 2. The highest BCUT2D eigenvalue weighted by atomic mass is 19.1. The Kier molecular flexibility index (Phi) is 7.58. The Morgan fingerprint density at radius 2 is 1.62 bits per heavy atom. The van der Waals surface area contributed by atoms with E-state index in [0.717, 1.165) is 5.56 Å². The number of ether oxygens (including phenoxy) is 1. The van der Waals surface area contributed by atoms with Crippen LogP contribution in [0, 0.1) is 5.82 Å². The standard InChI is InChI=1S/C30H26FN5O3/c1-39-27-18-10-9-17-26(27)36(28(37)20-35-25-16-8-7-15-24(25)33-34-35)29(22-13-5-6-14-23(22)31)30(38)32-19-21-11-3-2-4-12-21/h2-18,29H,19-20H2,1H3,(H,32,38)/t29-/m0/s1. The summed E-state index contributed by atoms with van der Waals surface area (Å²) in [5.41, 5.74) is 2.51. The number of aromatic nitrogens is 3. The third kappa shape index (κ3) is 5.47. The van der Waals surface area contributed by atoms with Crippen LogP contribution in [-0.4, -0.2) is 33.9 Å². The van der Waals surface area contributed by atoms with Crippen molar-refractivity contribution in [1.29, 1.82) is 0 Å². The van der Waals surface area contributed by atoms with Crippen LogP contribution in [0.25, 0.3) is 11.0 Å². The Morgan fingerprint density at radius 1 is 0.923 bits per heavy atom. The molecule has 1 atom stereocenters. The number of nitrogens with one attached hydrogen (secondary N) is 1. The van der Waals surface area contributed by atoms with E-state index in [4.69, 9.17) is 4.74 Å². The molecule has 0 spiro atoms. The molecule has 0 unspecified atom stereocenters. The van der Waals surface area contributed by atoms with Gasteiger partial charge in [0, 0.05) is 12.1 Å². The Balaban J connectivity index is 1.59. The number of hydrogen-bond donors (Lipinski definition) is 1. The van der Waals surface area contributed by atoms with Gasteiger partial charge in [-0.25, -0.2) is 9.07 Å². The van der Waals surface area contributed by atoms with Crippen molar-refractivity contribution in [1.82, 2.24) is 20.3 Å². The van der Waals surface area contributed by atoms with Crippen LogP contribution in [0.5, 0.6) is 5.75 Å². The van der Waals surface area contributed by atoms with Gasteiger partial charge in [0.05, 0.1) is 18.3 Å². The molecule has 0 aliphatic heterocycles. The van der Waals surface area contributed by atoms with Crippen molar-refractivity contribution in [2.24, 2.45) is 0 Å². The molecule has 0 aliphatic rings. The van der Waals surface area contributed by atoms with Crippen molar-refractivity contribution in [3.63, 3.8) is 0 Å². The molecule has 1 N–H and O–H groups in total. The van der Waals surface area contributed by atoms with Gasteiger partial charge in [0.1, 0.15) is 29.7 Å². The second-order valence-electron chi connectivity index (χ2n) is 8.80. The lowest BCUT2D eigenvalue weighted by molar-refractivity contribution is -0.127. The zero-order valence-electron chi connectivity index (χ0n) is 21.2. The number of halogens is 1. The molecule has 196 valence electrons. The van der Waals surface area contributed by atoms with E-state index in [1.165, 1.54) is 34.9 Å². The topological polar surface area (TPSA) is 89.3 Å². The minimum atomic E-state index is -1.34. The van der Waals surface area contributed by atoms with Crippen LogP contribution in [0.3, 0.4) is 0 Å². The minimum Gasteiger partial charge on any atom is -0.495 e. The van der Waals surface area contributed by atoms with Gasteiger partial charge in [-0.15, -0.1) is 5.10 Å². The lowest BCUT2D eigenvalue weighted by Crippen LogP contribution is -2.45. The van der Waals surface area contributed by atoms with Gasteiger partial charge >= 0.3 is 0 Å². The second-order valence-corrected chi connectivity index (χ2v) is 8.80. The van der Waals surface area contributed by atoms with Gasteiger partial charge in [-0.3, -0.25) is 14.5 Å². The van der Waals surface area contributed by atoms with E-state index >= 15 is 4.39 Å². The largest absolute Gasteiger partial charge is 0.495 e. The summed E-state index contributed by atoms with van der Waals surface area (Å²) < 4.78 is 22.3. The van der Waals surface area contributed by atoms with E-state index in [0.29, 0.717) is 22.5 Å². The van der Waals surface area contributed by atoms with Crippen LogP contribution < -0.4 is 15.0 Å². The number of amides is 2. The third-order valence-corrected chi connectivity index (χ3v) is 6.33. The molecule has 9 heteroatoms. The summed E-state index contributed by atoms with van der Waals surface area (Å²) in [7, 11) is 1.47. The predicted molar refractivity (Wildman–Crippen MR) is 145 cm³/mol. The highest BCUT2D eigenvalue weighted by Gasteiger charge is 2.36. The number of rotatable bonds is 9. The fraction of sp³-hybridized carbons (Fsp3) is 0.133. The van der Waals surface area contributed by atoms with Gasteiger partial charge in [-0.1, -0.05) is 78.0 Å². The summed E-state index contributed by atoms with van der Waals surface area (Å²) in [5, 5.41) is 11.1. The molecule has 0 saturated heterocycles. The summed E-state index contributed by atoms with van der Waals surface area (Å²) in [6.45, 7) is -0.0399. The molecule has 0 aliphatic carbocycles. The summed E-state index contributed by atoms with van der Waals surface area (Å²) >= 11 is 0. The average molecular weight is 524 g/mol. The predicted octanol–water partition coefficient (Wildman–Crippen LogP) is 4.67. The molecule has 0 bridgehead atoms. The van der Waals surface area contributed by atoms with E-state index in [1.54, 1.807) is 42.5 Å². The van der Waals surface area contributed by atoms with Crippen molar-refractivity contribution < 1.29 is 18.7 Å². The molecule has 4 aromatic carbocycles. The fourth-order valence-electron chi connectivity index (χ4n) is 4.46. The van der Waals surface area contributed by atoms with Crippen molar-refractivity contribution >= 4 is 28.5 Å². The van der Waals surface area contributed by atoms with Crippen molar-refractivity contribution in [2.75, 3.05) is 12.0 Å². The highest BCUT2D eigenvalue weighted by Crippen LogP contribution is 2.36. The monoisotopic (exact) mass is 523 g/mol. The van der Waals surface area contributed by atoms with Crippen LogP contribution in [0.2, 0.25) is 0 Å². The Hall–Kier alpha value is -5.05. The van der Waals surface area contributed by atoms with Crippen LogP contribution in [0.15, 0.2) is 103 Å². The van der Waals surface area contributed by atoms with E-state index < -0.39 is 23.7 Å². The van der Waals surface area contributed by atoms with Gasteiger partial charge in [-0.05, 0) is 35.9 Å². The summed E-state index contributed by atoms with van der Waals surface area (Å²) in [5.74, 6) is -1.31. The lowest BCUT2D eigenvalue weighted by atomic mass is 10.0. The maximum atomic E-state index is 15.3. The zero-order chi connectivity index (χ0) is 27.2. The van der Waals surface area contributed by atoms with Gasteiger partial charge in [0.2, 0.25) is 11.8 Å². The SMILES string of the molecule is COc1ccccc1N(C(=O)Cn1nnc2ccccc21)[C@H](C(=O)NCc1ccccc1)c1ccccc1F. The number of methoxy groups -OCH3 is 1. The first-order valence-corrected chi connectivity index (χ1v) is 12.4. The molecular formula is C30H26FN5O3. The maximum absolute atomic E-state index is 15.3. The molecule has 39 heavy (non-hydrogen) atoms. The molecule has 2 amide bonds. The maximum Gasteiger partial charge on any atom is 0.249 e. The molecule has 5 aromatic rings. The number of carbonyl (C=O) groups excluding carboxylic acids is 2. The van der Waals surface area contributed by atoms with Gasteiger partial charge in [-0.2, -0.15) is 0 Å². The number of fused-ring (bicyclic) bond motifs is 1. The quantitative estimate of drug-likeness (QED) is 0.303.